The fourth-order valence-electron chi connectivity index (χ4n) is 3.45. The number of piperidine rings is 1. The molecule has 82 valence electrons. The average molecular weight is 204 g/mol. The van der Waals surface area contributed by atoms with Gasteiger partial charge in [-0.1, -0.05) is 6.92 Å². The van der Waals surface area contributed by atoms with Gasteiger partial charge in [-0.25, -0.2) is 0 Å². The molecule has 2 atom stereocenters. The molecule has 1 aromatic rings. The van der Waals surface area contributed by atoms with E-state index in [-0.39, 0.29) is 0 Å². The van der Waals surface area contributed by atoms with Crippen molar-refractivity contribution in [3.63, 3.8) is 0 Å². The highest BCUT2D eigenvalue weighted by atomic mass is 15.1. The van der Waals surface area contributed by atoms with E-state index in [1.165, 1.54) is 25.8 Å². The van der Waals surface area contributed by atoms with Crippen molar-refractivity contribution in [2.45, 2.75) is 37.6 Å². The van der Waals surface area contributed by atoms with Crippen molar-refractivity contribution in [1.29, 1.82) is 0 Å². The molecule has 0 amide bonds. The molecular weight excluding hydrogens is 184 g/mol. The first-order valence-corrected chi connectivity index (χ1v) is 5.95. The van der Waals surface area contributed by atoms with E-state index >= 15 is 0 Å². The summed E-state index contributed by atoms with van der Waals surface area (Å²) in [6.45, 7) is 3.71. The SMILES string of the molecule is CN1CCC2(C)CC1Cc1c2ccn1C. The van der Waals surface area contributed by atoms with E-state index in [9.17, 15) is 0 Å². The van der Waals surface area contributed by atoms with Crippen LogP contribution in [0.3, 0.4) is 0 Å². The maximum absolute atomic E-state index is 2.54. The number of hydrogen-bond acceptors (Lipinski definition) is 1. The molecular formula is C13H20N2. The number of aromatic nitrogens is 1. The summed E-state index contributed by atoms with van der Waals surface area (Å²) >= 11 is 0. The number of hydrogen-bond donors (Lipinski definition) is 0. The van der Waals surface area contributed by atoms with Crippen LogP contribution in [0, 0.1) is 0 Å². The molecule has 0 saturated carbocycles. The fourth-order valence-corrected chi connectivity index (χ4v) is 3.45. The second kappa shape index (κ2) is 2.88. The van der Waals surface area contributed by atoms with Crippen molar-refractivity contribution in [1.82, 2.24) is 9.47 Å². The third-order valence-electron chi connectivity index (χ3n) is 4.61. The Morgan fingerprint density at radius 1 is 1.40 bits per heavy atom. The maximum Gasteiger partial charge on any atom is 0.0225 e. The zero-order valence-corrected chi connectivity index (χ0v) is 9.95. The summed E-state index contributed by atoms with van der Waals surface area (Å²) in [6, 6.07) is 3.11. The van der Waals surface area contributed by atoms with Crippen LogP contribution in [0.5, 0.6) is 0 Å². The van der Waals surface area contributed by atoms with Crippen LogP contribution < -0.4 is 0 Å². The van der Waals surface area contributed by atoms with Crippen molar-refractivity contribution in [3.05, 3.63) is 23.5 Å². The predicted octanol–water partition coefficient (Wildman–Crippen LogP) is 1.93. The molecule has 2 unspecified atom stereocenters. The van der Waals surface area contributed by atoms with E-state index in [1.807, 2.05) is 0 Å². The summed E-state index contributed by atoms with van der Waals surface area (Å²) in [5.41, 5.74) is 3.64. The molecule has 1 fully saturated rings. The molecule has 0 N–H and O–H groups in total. The van der Waals surface area contributed by atoms with Crippen molar-refractivity contribution < 1.29 is 0 Å². The second-order valence-corrected chi connectivity index (χ2v) is 5.64. The van der Waals surface area contributed by atoms with Gasteiger partial charge in [-0.05, 0) is 43.5 Å². The van der Waals surface area contributed by atoms with Crippen LogP contribution in [0.15, 0.2) is 12.3 Å². The van der Waals surface area contributed by atoms with Gasteiger partial charge in [0.1, 0.15) is 0 Å². The standard InChI is InChI=1S/C13H20N2/c1-13-5-7-14(2)10(9-13)8-12-11(13)4-6-15(12)3/h4,6,10H,5,7-9H2,1-3H3. The molecule has 0 aromatic carbocycles. The Kier molecular flexibility index (Phi) is 1.82. The molecule has 2 bridgehead atoms. The summed E-state index contributed by atoms with van der Waals surface area (Å²) in [7, 11) is 4.46. The molecule has 3 rings (SSSR count). The van der Waals surface area contributed by atoms with Gasteiger partial charge in [-0.2, -0.15) is 0 Å². The summed E-state index contributed by atoms with van der Waals surface area (Å²) < 4.78 is 2.32. The van der Waals surface area contributed by atoms with Gasteiger partial charge in [0.05, 0.1) is 0 Å². The molecule has 2 nitrogen and oxygen atoms in total. The van der Waals surface area contributed by atoms with E-state index in [0.717, 1.165) is 6.04 Å². The minimum Gasteiger partial charge on any atom is -0.354 e. The van der Waals surface area contributed by atoms with Gasteiger partial charge in [0.25, 0.3) is 0 Å². The highest BCUT2D eigenvalue weighted by Gasteiger charge is 2.42. The quantitative estimate of drug-likeness (QED) is 0.627. The fraction of sp³-hybridized carbons (Fsp3) is 0.692. The van der Waals surface area contributed by atoms with Crippen LogP contribution >= 0.6 is 0 Å². The van der Waals surface area contributed by atoms with Crippen LogP contribution in [-0.4, -0.2) is 29.1 Å². The molecule has 1 aliphatic carbocycles. The van der Waals surface area contributed by atoms with Crippen molar-refractivity contribution in [2.75, 3.05) is 13.6 Å². The third kappa shape index (κ3) is 1.21. The number of rotatable bonds is 0. The van der Waals surface area contributed by atoms with Crippen LogP contribution in [0.25, 0.3) is 0 Å². The van der Waals surface area contributed by atoms with Gasteiger partial charge in [-0.3, -0.25) is 0 Å². The first kappa shape index (κ1) is 9.46. The van der Waals surface area contributed by atoms with Gasteiger partial charge in [0, 0.05) is 31.4 Å². The first-order chi connectivity index (χ1) is 7.10. The summed E-state index contributed by atoms with van der Waals surface area (Å²) in [5, 5.41) is 0. The lowest BCUT2D eigenvalue weighted by Crippen LogP contribution is -2.50. The van der Waals surface area contributed by atoms with E-state index in [1.54, 1.807) is 11.3 Å². The van der Waals surface area contributed by atoms with Crippen LogP contribution in [0.1, 0.15) is 31.0 Å². The topological polar surface area (TPSA) is 8.17 Å². The van der Waals surface area contributed by atoms with E-state index < -0.39 is 0 Å². The molecule has 2 aliphatic rings. The van der Waals surface area contributed by atoms with Gasteiger partial charge < -0.3 is 9.47 Å². The predicted molar refractivity (Wildman–Crippen MR) is 62.1 cm³/mol. The van der Waals surface area contributed by atoms with Crippen molar-refractivity contribution in [2.24, 2.45) is 7.05 Å². The Balaban J connectivity index is 2.11. The zero-order chi connectivity index (χ0) is 10.6. The summed E-state index contributed by atoms with van der Waals surface area (Å²) in [4.78, 5) is 2.54. The Labute approximate surface area is 91.9 Å². The van der Waals surface area contributed by atoms with Gasteiger partial charge in [0.15, 0.2) is 0 Å². The Hall–Kier alpha value is -0.760. The van der Waals surface area contributed by atoms with Crippen LogP contribution in [-0.2, 0) is 18.9 Å². The molecule has 2 heteroatoms. The normalized spacial score (nSPS) is 35.3. The van der Waals surface area contributed by atoms with Gasteiger partial charge >= 0.3 is 0 Å². The summed E-state index contributed by atoms with van der Waals surface area (Å²) in [5.74, 6) is 0. The molecule has 1 aromatic heterocycles. The third-order valence-corrected chi connectivity index (χ3v) is 4.61. The highest BCUT2D eigenvalue weighted by Crippen LogP contribution is 2.44. The minimum absolute atomic E-state index is 0.450. The Morgan fingerprint density at radius 2 is 2.20 bits per heavy atom. The number of likely N-dealkylation sites (N-methyl/N-ethyl adjacent to an activating group) is 1. The lowest BCUT2D eigenvalue weighted by Gasteiger charge is -2.47. The number of fused-ring (bicyclic) bond motifs is 4. The molecule has 2 heterocycles. The highest BCUT2D eigenvalue weighted by molar-refractivity contribution is 5.35. The maximum atomic E-state index is 2.54. The smallest absolute Gasteiger partial charge is 0.0225 e. The average Bonchev–Trinajstić information content (AvgIpc) is 2.57. The van der Waals surface area contributed by atoms with E-state index in [4.69, 9.17) is 0 Å². The Bertz CT molecular complexity index is 393. The molecule has 1 aliphatic heterocycles. The zero-order valence-electron chi connectivity index (χ0n) is 9.95. The van der Waals surface area contributed by atoms with Gasteiger partial charge in [-0.15, -0.1) is 0 Å². The van der Waals surface area contributed by atoms with E-state index in [2.05, 4.69) is 42.7 Å². The van der Waals surface area contributed by atoms with Crippen LogP contribution in [0.2, 0.25) is 0 Å². The van der Waals surface area contributed by atoms with E-state index in [0.29, 0.717) is 5.41 Å². The van der Waals surface area contributed by atoms with Crippen molar-refractivity contribution >= 4 is 0 Å². The molecule has 0 radical (unpaired) electrons. The first-order valence-electron chi connectivity index (χ1n) is 5.95. The number of nitrogens with zero attached hydrogens (tertiary/aromatic N) is 2. The summed E-state index contributed by atoms with van der Waals surface area (Å²) in [6.07, 6.45) is 6.14. The van der Waals surface area contributed by atoms with Gasteiger partial charge in [0.2, 0.25) is 0 Å². The molecule has 1 saturated heterocycles. The molecule has 0 spiro atoms. The molecule has 15 heavy (non-hydrogen) atoms. The monoisotopic (exact) mass is 204 g/mol. The number of likely N-dealkylation sites (tertiary alicyclic amines) is 1. The Morgan fingerprint density at radius 3 is 3.00 bits per heavy atom. The lowest BCUT2D eigenvalue weighted by atomic mass is 9.67. The lowest BCUT2D eigenvalue weighted by molar-refractivity contribution is 0.111. The minimum atomic E-state index is 0.450. The van der Waals surface area contributed by atoms with Crippen molar-refractivity contribution in [3.8, 4) is 0 Å². The second-order valence-electron chi connectivity index (χ2n) is 5.64. The van der Waals surface area contributed by atoms with Crippen LogP contribution in [0.4, 0.5) is 0 Å². The number of aryl methyl sites for hydroxylation is 1. The largest absolute Gasteiger partial charge is 0.354 e.